The van der Waals surface area contributed by atoms with Crippen molar-refractivity contribution in [3.63, 3.8) is 0 Å². The molecule has 0 aliphatic heterocycles. The standard InChI is InChI=1S/C23H34O4/c1-22(2,3)20(25)11-8-13-27-14-12-19(24)18-10-7-9-17(15-18)16-21(26)23(4,5)6/h7,9-10,15H,8,11-14,16H2,1-6H3. The molecule has 0 fully saturated rings. The number of hydrogen-bond donors (Lipinski definition) is 0. The average Bonchev–Trinajstić information content (AvgIpc) is 2.56. The maximum absolute atomic E-state index is 12.3. The molecule has 0 radical (unpaired) electrons. The first-order valence-electron chi connectivity index (χ1n) is 9.68. The van der Waals surface area contributed by atoms with Crippen molar-refractivity contribution in [2.75, 3.05) is 13.2 Å². The minimum absolute atomic E-state index is 0.00539. The van der Waals surface area contributed by atoms with Gasteiger partial charge in [0.1, 0.15) is 11.6 Å². The Morgan fingerprint density at radius 1 is 0.852 bits per heavy atom. The molecule has 0 saturated carbocycles. The zero-order valence-corrected chi connectivity index (χ0v) is 17.7. The van der Waals surface area contributed by atoms with Gasteiger partial charge in [-0.05, 0) is 18.1 Å². The van der Waals surface area contributed by atoms with Crippen LogP contribution in [0.25, 0.3) is 0 Å². The molecule has 0 N–H and O–H groups in total. The van der Waals surface area contributed by atoms with Gasteiger partial charge in [-0.15, -0.1) is 0 Å². The summed E-state index contributed by atoms with van der Waals surface area (Å²) in [5.74, 6) is 0.384. The number of carbonyl (C=O) groups excluding carboxylic acids is 3. The summed E-state index contributed by atoms with van der Waals surface area (Å²) in [4.78, 5) is 36.3. The monoisotopic (exact) mass is 374 g/mol. The lowest BCUT2D eigenvalue weighted by Crippen LogP contribution is -2.22. The van der Waals surface area contributed by atoms with Gasteiger partial charge < -0.3 is 4.74 Å². The summed E-state index contributed by atoms with van der Waals surface area (Å²) in [5.41, 5.74) is 0.778. The second-order valence-electron chi connectivity index (χ2n) is 9.11. The molecule has 0 bridgehead atoms. The van der Waals surface area contributed by atoms with Crippen LogP contribution in [0.5, 0.6) is 0 Å². The molecule has 0 aliphatic rings. The molecular weight excluding hydrogens is 340 g/mol. The Kier molecular flexibility index (Phi) is 8.55. The molecule has 0 aromatic heterocycles. The van der Waals surface area contributed by atoms with Crippen LogP contribution in [0, 0.1) is 10.8 Å². The fourth-order valence-corrected chi connectivity index (χ4v) is 2.43. The number of Topliss-reactive ketones (excluding diaryl/α,β-unsaturated/α-hetero) is 3. The van der Waals surface area contributed by atoms with Gasteiger partial charge in [-0.25, -0.2) is 0 Å². The number of ether oxygens (including phenoxy) is 1. The summed E-state index contributed by atoms with van der Waals surface area (Å²) < 4.78 is 5.50. The van der Waals surface area contributed by atoms with E-state index in [0.29, 0.717) is 44.5 Å². The van der Waals surface area contributed by atoms with Crippen molar-refractivity contribution in [3.8, 4) is 0 Å². The van der Waals surface area contributed by atoms with Crippen LogP contribution < -0.4 is 0 Å². The summed E-state index contributed by atoms with van der Waals surface area (Å²) in [6.45, 7) is 12.3. The quantitative estimate of drug-likeness (QED) is 0.435. The van der Waals surface area contributed by atoms with E-state index in [1.165, 1.54) is 0 Å². The molecule has 1 aromatic carbocycles. The largest absolute Gasteiger partial charge is 0.381 e. The smallest absolute Gasteiger partial charge is 0.165 e. The molecule has 1 rings (SSSR count). The van der Waals surface area contributed by atoms with Gasteiger partial charge in [-0.1, -0.05) is 59.7 Å². The van der Waals surface area contributed by atoms with Gasteiger partial charge in [0.2, 0.25) is 0 Å². The molecule has 0 atom stereocenters. The Morgan fingerprint density at radius 2 is 1.48 bits per heavy atom. The number of rotatable bonds is 10. The molecule has 0 aliphatic carbocycles. The van der Waals surface area contributed by atoms with Gasteiger partial charge in [-0.3, -0.25) is 14.4 Å². The normalized spacial score (nSPS) is 12.1. The van der Waals surface area contributed by atoms with Crippen molar-refractivity contribution < 1.29 is 19.1 Å². The van der Waals surface area contributed by atoms with Crippen LogP contribution in [0.1, 0.15) is 76.7 Å². The highest BCUT2D eigenvalue weighted by atomic mass is 16.5. The summed E-state index contributed by atoms with van der Waals surface area (Å²) >= 11 is 0. The van der Waals surface area contributed by atoms with Crippen molar-refractivity contribution in [3.05, 3.63) is 35.4 Å². The second kappa shape index (κ2) is 9.93. The molecule has 0 heterocycles. The van der Waals surface area contributed by atoms with E-state index >= 15 is 0 Å². The highest BCUT2D eigenvalue weighted by Gasteiger charge is 2.21. The number of hydrogen-bond acceptors (Lipinski definition) is 4. The molecule has 150 valence electrons. The van der Waals surface area contributed by atoms with Crippen LogP contribution in [0.4, 0.5) is 0 Å². The van der Waals surface area contributed by atoms with E-state index in [9.17, 15) is 14.4 Å². The van der Waals surface area contributed by atoms with Crippen molar-refractivity contribution in [2.24, 2.45) is 10.8 Å². The van der Waals surface area contributed by atoms with Gasteiger partial charge in [0.15, 0.2) is 5.78 Å². The van der Waals surface area contributed by atoms with Gasteiger partial charge >= 0.3 is 0 Å². The van der Waals surface area contributed by atoms with Crippen LogP contribution >= 0.6 is 0 Å². The van der Waals surface area contributed by atoms with Crippen LogP contribution in [0.3, 0.4) is 0 Å². The van der Waals surface area contributed by atoms with E-state index < -0.39 is 0 Å². The Labute approximate surface area is 163 Å². The van der Waals surface area contributed by atoms with Crippen molar-refractivity contribution >= 4 is 17.3 Å². The van der Waals surface area contributed by atoms with E-state index in [1.807, 2.05) is 53.7 Å². The first-order valence-corrected chi connectivity index (χ1v) is 9.68. The third-order valence-corrected chi connectivity index (χ3v) is 4.45. The van der Waals surface area contributed by atoms with Crippen molar-refractivity contribution in [1.82, 2.24) is 0 Å². The lowest BCUT2D eigenvalue weighted by molar-refractivity contribution is -0.126. The van der Waals surface area contributed by atoms with Gasteiger partial charge in [0.05, 0.1) is 6.61 Å². The Hall–Kier alpha value is -1.81. The SMILES string of the molecule is CC(C)(C)C(=O)CCCOCCC(=O)c1cccc(CC(=O)C(C)(C)C)c1. The average molecular weight is 375 g/mol. The Morgan fingerprint density at radius 3 is 2.07 bits per heavy atom. The molecule has 4 heteroatoms. The van der Waals surface area contributed by atoms with Gasteiger partial charge in [0, 0.05) is 42.3 Å². The van der Waals surface area contributed by atoms with Crippen LogP contribution in [-0.4, -0.2) is 30.6 Å². The first kappa shape index (κ1) is 23.2. The molecule has 1 aromatic rings. The maximum atomic E-state index is 12.3. The lowest BCUT2D eigenvalue weighted by atomic mass is 9.87. The van der Waals surface area contributed by atoms with Crippen molar-refractivity contribution in [2.45, 2.75) is 67.2 Å². The van der Waals surface area contributed by atoms with E-state index in [-0.39, 0.29) is 28.2 Å². The van der Waals surface area contributed by atoms with Crippen LogP contribution in [0.2, 0.25) is 0 Å². The fourth-order valence-electron chi connectivity index (χ4n) is 2.43. The third kappa shape index (κ3) is 8.61. The van der Waals surface area contributed by atoms with E-state index in [2.05, 4.69) is 0 Å². The zero-order chi connectivity index (χ0) is 20.7. The molecule has 0 saturated heterocycles. The highest BCUT2D eigenvalue weighted by Crippen LogP contribution is 2.19. The number of benzene rings is 1. The minimum atomic E-state index is -0.387. The van der Waals surface area contributed by atoms with Crippen LogP contribution in [0.15, 0.2) is 24.3 Å². The lowest BCUT2D eigenvalue weighted by Gasteiger charge is -2.16. The Bertz CT molecular complexity index is 660. The van der Waals surface area contributed by atoms with Crippen molar-refractivity contribution in [1.29, 1.82) is 0 Å². The third-order valence-electron chi connectivity index (χ3n) is 4.45. The van der Waals surface area contributed by atoms with Gasteiger partial charge in [-0.2, -0.15) is 0 Å². The predicted molar refractivity (Wildman–Crippen MR) is 108 cm³/mol. The Balaban J connectivity index is 2.40. The van der Waals surface area contributed by atoms with E-state index in [1.54, 1.807) is 12.1 Å². The topological polar surface area (TPSA) is 60.4 Å². The second-order valence-corrected chi connectivity index (χ2v) is 9.11. The van der Waals surface area contributed by atoms with Gasteiger partial charge in [0.25, 0.3) is 0 Å². The number of carbonyl (C=O) groups is 3. The molecule has 4 nitrogen and oxygen atoms in total. The fraction of sp³-hybridized carbons (Fsp3) is 0.609. The summed E-state index contributed by atoms with van der Waals surface area (Å²) in [6, 6.07) is 7.27. The molecule has 0 amide bonds. The molecule has 27 heavy (non-hydrogen) atoms. The molecule has 0 spiro atoms. The molecule has 0 unspecified atom stereocenters. The number of ketones is 3. The predicted octanol–water partition coefficient (Wildman–Crippen LogP) is 4.83. The van der Waals surface area contributed by atoms with E-state index in [0.717, 1.165) is 5.56 Å². The highest BCUT2D eigenvalue weighted by molar-refractivity contribution is 5.96. The summed E-state index contributed by atoms with van der Waals surface area (Å²) in [5, 5.41) is 0. The van der Waals surface area contributed by atoms with E-state index in [4.69, 9.17) is 4.74 Å². The minimum Gasteiger partial charge on any atom is -0.381 e. The molecular formula is C23H34O4. The van der Waals surface area contributed by atoms with Crippen LogP contribution in [-0.2, 0) is 20.7 Å². The summed E-state index contributed by atoms with van der Waals surface area (Å²) in [6.07, 6.45) is 1.81. The summed E-state index contributed by atoms with van der Waals surface area (Å²) in [7, 11) is 0. The zero-order valence-electron chi connectivity index (χ0n) is 17.7. The maximum Gasteiger partial charge on any atom is 0.165 e. The first-order chi connectivity index (χ1) is 12.4.